The Morgan fingerprint density at radius 1 is 1.50 bits per heavy atom. The minimum Gasteiger partial charge on any atom is -0.489 e. The molecule has 1 aliphatic rings. The Balaban J connectivity index is 1.91. The van der Waals surface area contributed by atoms with Gasteiger partial charge in [-0.05, 0) is 38.3 Å². The average Bonchev–Trinajstić information content (AvgIpc) is 3.07. The normalized spacial score (nSPS) is 21.7. The molecule has 0 heterocycles. The first kappa shape index (κ1) is 12.7. The van der Waals surface area contributed by atoms with Crippen LogP contribution in [-0.2, 0) is 4.79 Å². The van der Waals surface area contributed by atoms with Crippen molar-refractivity contribution in [1.82, 2.24) is 0 Å². The van der Waals surface area contributed by atoms with E-state index < -0.39 is 5.97 Å². The first-order valence-electron chi connectivity index (χ1n) is 6.30. The first-order chi connectivity index (χ1) is 8.58. The van der Waals surface area contributed by atoms with Crippen molar-refractivity contribution in [2.75, 3.05) is 11.9 Å². The monoisotopic (exact) mass is 249 g/mol. The molecule has 1 aromatic rings. The fourth-order valence-corrected chi connectivity index (χ4v) is 1.99. The summed E-state index contributed by atoms with van der Waals surface area (Å²) in [5.74, 6) is 0.207. The predicted molar refractivity (Wildman–Crippen MR) is 69.9 cm³/mol. The molecule has 4 nitrogen and oxygen atoms in total. The van der Waals surface area contributed by atoms with Crippen molar-refractivity contribution in [3.8, 4) is 5.75 Å². The summed E-state index contributed by atoms with van der Waals surface area (Å²) in [6.45, 7) is 4.66. The van der Waals surface area contributed by atoms with Gasteiger partial charge in [-0.1, -0.05) is 12.1 Å². The second kappa shape index (κ2) is 5.29. The van der Waals surface area contributed by atoms with E-state index in [0.717, 1.165) is 17.9 Å². The minimum atomic E-state index is -0.687. The van der Waals surface area contributed by atoms with Crippen LogP contribution in [0.15, 0.2) is 24.3 Å². The number of benzene rings is 1. The van der Waals surface area contributed by atoms with Gasteiger partial charge in [0.05, 0.1) is 17.7 Å². The van der Waals surface area contributed by atoms with Gasteiger partial charge < -0.3 is 15.2 Å². The quantitative estimate of drug-likeness (QED) is 0.813. The van der Waals surface area contributed by atoms with Crippen molar-refractivity contribution in [2.24, 2.45) is 11.8 Å². The largest absolute Gasteiger partial charge is 0.489 e. The summed E-state index contributed by atoms with van der Waals surface area (Å²) in [5.41, 5.74) is 0.933. The Morgan fingerprint density at radius 3 is 2.83 bits per heavy atom. The van der Waals surface area contributed by atoms with E-state index in [1.165, 1.54) is 0 Å². The first-order valence-corrected chi connectivity index (χ1v) is 6.30. The molecule has 1 saturated carbocycles. The molecule has 0 radical (unpaired) electrons. The molecular weight excluding hydrogens is 230 g/mol. The fraction of sp³-hybridized carbons (Fsp3) is 0.500. The zero-order valence-electron chi connectivity index (χ0n) is 10.7. The van der Waals surface area contributed by atoms with Crippen molar-refractivity contribution < 1.29 is 14.6 Å². The lowest BCUT2D eigenvalue weighted by Crippen LogP contribution is -2.11. The molecule has 0 bridgehead atoms. The number of nitrogens with one attached hydrogen (secondary N) is 1. The Kier molecular flexibility index (Phi) is 3.75. The third-order valence-corrected chi connectivity index (χ3v) is 3.04. The minimum absolute atomic E-state index is 0.126. The van der Waals surface area contributed by atoms with Crippen molar-refractivity contribution in [1.29, 1.82) is 0 Å². The highest BCUT2D eigenvalue weighted by molar-refractivity contribution is 5.73. The number of hydrogen-bond acceptors (Lipinski definition) is 3. The van der Waals surface area contributed by atoms with Gasteiger partial charge in [0.15, 0.2) is 0 Å². The van der Waals surface area contributed by atoms with E-state index in [4.69, 9.17) is 9.84 Å². The second-order valence-electron chi connectivity index (χ2n) is 4.98. The summed E-state index contributed by atoms with van der Waals surface area (Å²) >= 11 is 0. The number of carboxylic acid groups (broad SMARTS) is 1. The van der Waals surface area contributed by atoms with E-state index in [1.807, 2.05) is 38.1 Å². The van der Waals surface area contributed by atoms with Gasteiger partial charge in [0, 0.05) is 6.54 Å². The zero-order valence-corrected chi connectivity index (χ0v) is 10.7. The molecule has 18 heavy (non-hydrogen) atoms. The van der Waals surface area contributed by atoms with Crippen molar-refractivity contribution in [2.45, 2.75) is 26.4 Å². The van der Waals surface area contributed by atoms with Crippen LogP contribution < -0.4 is 10.1 Å². The Hall–Kier alpha value is -1.71. The van der Waals surface area contributed by atoms with Crippen molar-refractivity contribution >= 4 is 11.7 Å². The van der Waals surface area contributed by atoms with Gasteiger partial charge in [-0.15, -0.1) is 0 Å². The topological polar surface area (TPSA) is 58.6 Å². The number of anilines is 1. The van der Waals surface area contributed by atoms with Gasteiger partial charge >= 0.3 is 5.97 Å². The summed E-state index contributed by atoms with van der Waals surface area (Å²) in [4.78, 5) is 10.7. The Morgan fingerprint density at radius 2 is 2.22 bits per heavy atom. The third kappa shape index (κ3) is 3.15. The van der Waals surface area contributed by atoms with Gasteiger partial charge in [-0.25, -0.2) is 0 Å². The summed E-state index contributed by atoms with van der Waals surface area (Å²) in [5, 5.41) is 12.1. The molecule has 4 heteroatoms. The van der Waals surface area contributed by atoms with E-state index in [2.05, 4.69) is 5.32 Å². The summed E-state index contributed by atoms with van der Waals surface area (Å²) < 4.78 is 5.69. The maximum atomic E-state index is 10.7. The lowest BCUT2D eigenvalue weighted by Gasteiger charge is -2.15. The van der Waals surface area contributed by atoms with Gasteiger partial charge in [-0.2, -0.15) is 0 Å². The number of hydrogen-bond donors (Lipinski definition) is 2. The molecule has 0 aliphatic heterocycles. The number of carboxylic acids is 1. The van der Waals surface area contributed by atoms with E-state index >= 15 is 0 Å². The molecule has 98 valence electrons. The van der Waals surface area contributed by atoms with Crippen molar-refractivity contribution in [3.05, 3.63) is 24.3 Å². The Bertz CT molecular complexity index is 431. The summed E-state index contributed by atoms with van der Waals surface area (Å²) in [6.07, 6.45) is 0.899. The van der Waals surface area contributed by atoms with E-state index in [1.54, 1.807) is 0 Å². The standard InChI is InChI=1S/C14H19NO3/c1-9(2)18-13-6-4-3-5-12(13)15-8-10-7-11(10)14(16)17/h3-6,9-11,15H,7-8H2,1-2H3,(H,16,17). The number of rotatable bonds is 6. The molecule has 0 saturated heterocycles. The highest BCUT2D eigenvalue weighted by Crippen LogP contribution is 2.39. The number of aliphatic carboxylic acids is 1. The molecule has 0 spiro atoms. The van der Waals surface area contributed by atoms with Crippen LogP contribution in [0, 0.1) is 11.8 Å². The van der Waals surface area contributed by atoms with Crippen LogP contribution in [0.4, 0.5) is 5.69 Å². The molecule has 1 aliphatic carbocycles. The number of ether oxygens (including phenoxy) is 1. The van der Waals surface area contributed by atoms with Crippen LogP contribution in [0.25, 0.3) is 0 Å². The number of carbonyl (C=O) groups is 1. The fourth-order valence-electron chi connectivity index (χ4n) is 1.99. The second-order valence-corrected chi connectivity index (χ2v) is 4.98. The lowest BCUT2D eigenvalue weighted by atomic mass is 10.2. The summed E-state index contributed by atoms with van der Waals surface area (Å²) in [6, 6.07) is 7.75. The van der Waals surface area contributed by atoms with Crippen LogP contribution in [0.5, 0.6) is 5.75 Å². The van der Waals surface area contributed by atoms with Crippen molar-refractivity contribution in [3.63, 3.8) is 0 Å². The van der Waals surface area contributed by atoms with Crippen LogP contribution >= 0.6 is 0 Å². The molecule has 2 N–H and O–H groups in total. The number of para-hydroxylation sites is 2. The smallest absolute Gasteiger partial charge is 0.306 e. The van der Waals surface area contributed by atoms with Crippen LogP contribution in [0.2, 0.25) is 0 Å². The van der Waals surface area contributed by atoms with Crippen LogP contribution in [-0.4, -0.2) is 23.7 Å². The van der Waals surface area contributed by atoms with Gasteiger partial charge in [0.1, 0.15) is 5.75 Å². The van der Waals surface area contributed by atoms with Crippen LogP contribution in [0.1, 0.15) is 20.3 Å². The molecular formula is C14H19NO3. The van der Waals surface area contributed by atoms with E-state index in [-0.39, 0.29) is 17.9 Å². The maximum Gasteiger partial charge on any atom is 0.306 e. The SMILES string of the molecule is CC(C)Oc1ccccc1NCC1CC1C(=O)O. The predicted octanol–water partition coefficient (Wildman–Crippen LogP) is 2.61. The molecule has 2 rings (SSSR count). The highest BCUT2D eigenvalue weighted by atomic mass is 16.5. The van der Waals surface area contributed by atoms with E-state index in [0.29, 0.717) is 6.54 Å². The summed E-state index contributed by atoms with van der Waals surface area (Å²) in [7, 11) is 0. The highest BCUT2D eigenvalue weighted by Gasteiger charge is 2.42. The van der Waals surface area contributed by atoms with Gasteiger partial charge in [0.2, 0.25) is 0 Å². The van der Waals surface area contributed by atoms with Gasteiger partial charge in [0.25, 0.3) is 0 Å². The third-order valence-electron chi connectivity index (χ3n) is 3.04. The lowest BCUT2D eigenvalue weighted by molar-refractivity contribution is -0.138. The van der Waals surface area contributed by atoms with Gasteiger partial charge in [-0.3, -0.25) is 4.79 Å². The van der Waals surface area contributed by atoms with Crippen LogP contribution in [0.3, 0.4) is 0 Å². The molecule has 2 atom stereocenters. The molecule has 1 fully saturated rings. The molecule has 1 aromatic carbocycles. The molecule has 0 aromatic heterocycles. The zero-order chi connectivity index (χ0) is 13.1. The molecule has 0 amide bonds. The average molecular weight is 249 g/mol. The maximum absolute atomic E-state index is 10.7. The molecule has 2 unspecified atom stereocenters. The van der Waals surface area contributed by atoms with E-state index in [9.17, 15) is 4.79 Å². The Labute approximate surface area is 107 Å².